The van der Waals surface area contributed by atoms with Gasteiger partial charge in [0.2, 0.25) is 5.95 Å². The van der Waals surface area contributed by atoms with E-state index in [9.17, 15) is 9.47 Å². The summed E-state index contributed by atoms with van der Waals surface area (Å²) in [6.07, 6.45) is 5.88. The molecule has 210 valence electrons. The molecule has 0 spiro atoms. The summed E-state index contributed by atoms with van der Waals surface area (Å²) < 4.78 is 22.3. The quantitative estimate of drug-likeness (QED) is 0.451. The van der Waals surface area contributed by atoms with Crippen molar-refractivity contribution in [2.45, 2.75) is 39.0 Å². The van der Waals surface area contributed by atoms with Crippen LogP contribution in [0.5, 0.6) is 0 Å². The van der Waals surface area contributed by atoms with E-state index in [0.29, 0.717) is 23.4 Å². The number of benzene rings is 1. The van der Waals surface area contributed by atoms with Crippen LogP contribution in [-0.4, -0.2) is 75.5 Å². The van der Waals surface area contributed by atoms with Gasteiger partial charge < -0.3 is 25.2 Å². The number of nitrogens with one attached hydrogen (secondary N) is 2. The van der Waals surface area contributed by atoms with E-state index in [2.05, 4.69) is 78.8 Å². The van der Waals surface area contributed by atoms with Crippen LogP contribution in [0.15, 0.2) is 40.9 Å². The monoisotopic (exact) mass is 561 g/mol. The van der Waals surface area contributed by atoms with Gasteiger partial charge in [-0.05, 0) is 62.7 Å². The second-order valence-electron chi connectivity index (χ2n) is 10.8. The van der Waals surface area contributed by atoms with Gasteiger partial charge in [-0.2, -0.15) is 14.6 Å². The molecule has 2 aliphatic rings. The first-order valence-corrected chi connectivity index (χ1v) is 15.6. The zero-order chi connectivity index (χ0) is 28.4. The standard InChI is InChI=1S/C28H35N9O2S/c1-18-15-37(16-19(2)39-18)24-12-22(11-20-17-36(3)10-9-23(20)24)31-28-30-14-21(13-29)27(34-28)33-25-7-6-8-26(32-25)35-40(4,5)38/h6-8,11-12,14,18-19H,9-10,15-17H2,1-5H3,(H2,30,31,32,33,34)/t18-,19+. The van der Waals surface area contributed by atoms with Crippen molar-refractivity contribution >= 4 is 44.5 Å². The highest BCUT2D eigenvalue weighted by molar-refractivity contribution is 7.92. The Labute approximate surface area is 235 Å². The Morgan fingerprint density at radius 1 is 1.15 bits per heavy atom. The highest BCUT2D eigenvalue weighted by atomic mass is 32.2. The summed E-state index contributed by atoms with van der Waals surface area (Å²) in [4.78, 5) is 18.2. The number of hydrogen-bond acceptors (Lipinski definition) is 11. The average molecular weight is 562 g/mol. The van der Waals surface area contributed by atoms with Crippen LogP contribution in [0.2, 0.25) is 0 Å². The molecule has 0 unspecified atom stereocenters. The molecule has 1 saturated heterocycles. The fourth-order valence-electron chi connectivity index (χ4n) is 5.19. The van der Waals surface area contributed by atoms with Gasteiger partial charge in [-0.3, -0.25) is 0 Å². The summed E-state index contributed by atoms with van der Waals surface area (Å²) in [7, 11) is -0.228. The molecule has 2 N–H and O–H groups in total. The fourth-order valence-corrected chi connectivity index (χ4v) is 5.74. The van der Waals surface area contributed by atoms with Crippen LogP contribution >= 0.6 is 0 Å². The lowest BCUT2D eigenvalue weighted by Crippen LogP contribution is -2.46. The van der Waals surface area contributed by atoms with Crippen LogP contribution in [0, 0.1) is 11.3 Å². The van der Waals surface area contributed by atoms with Gasteiger partial charge in [0.15, 0.2) is 11.6 Å². The van der Waals surface area contributed by atoms with Crippen molar-refractivity contribution in [3.63, 3.8) is 0 Å². The number of likely N-dealkylation sites (N-methyl/N-ethyl adjacent to an activating group) is 1. The molecule has 0 radical (unpaired) electrons. The molecule has 3 aromatic rings. The first kappa shape index (κ1) is 27.8. The number of morpholine rings is 1. The third kappa shape index (κ3) is 6.67. The van der Waals surface area contributed by atoms with Crippen LogP contribution in [0.1, 0.15) is 30.5 Å². The summed E-state index contributed by atoms with van der Waals surface area (Å²) in [6.45, 7) is 7.79. The maximum atomic E-state index is 12.1. The fraction of sp³-hybridized carbons (Fsp3) is 0.429. The summed E-state index contributed by atoms with van der Waals surface area (Å²) in [5.74, 6) is 1.43. The molecular formula is C28H35N9O2S. The summed E-state index contributed by atoms with van der Waals surface area (Å²) in [5.41, 5.74) is 5.03. The van der Waals surface area contributed by atoms with Crippen molar-refractivity contribution < 1.29 is 8.95 Å². The van der Waals surface area contributed by atoms with E-state index in [0.717, 1.165) is 38.3 Å². The lowest BCUT2D eigenvalue weighted by molar-refractivity contribution is -0.00528. The number of hydrogen-bond donors (Lipinski definition) is 2. The molecule has 0 amide bonds. The molecule has 4 heterocycles. The first-order chi connectivity index (χ1) is 19.1. The topological polar surface area (TPSA) is 132 Å². The summed E-state index contributed by atoms with van der Waals surface area (Å²) in [6, 6.07) is 11.6. The summed E-state index contributed by atoms with van der Waals surface area (Å²) >= 11 is 0. The minimum Gasteiger partial charge on any atom is -0.372 e. The normalized spacial score (nSPS) is 19.4. The van der Waals surface area contributed by atoms with Gasteiger partial charge in [-0.1, -0.05) is 6.07 Å². The Kier molecular flexibility index (Phi) is 7.89. The molecule has 0 bridgehead atoms. The van der Waals surface area contributed by atoms with E-state index in [1.54, 1.807) is 30.7 Å². The Balaban J connectivity index is 1.46. The van der Waals surface area contributed by atoms with Crippen molar-refractivity contribution in [1.29, 1.82) is 5.26 Å². The van der Waals surface area contributed by atoms with E-state index in [-0.39, 0.29) is 17.8 Å². The van der Waals surface area contributed by atoms with Crippen LogP contribution in [-0.2, 0) is 27.4 Å². The highest BCUT2D eigenvalue weighted by Crippen LogP contribution is 2.35. The second-order valence-corrected chi connectivity index (χ2v) is 13.3. The Bertz CT molecular complexity index is 1560. The van der Waals surface area contributed by atoms with Crippen LogP contribution in [0.3, 0.4) is 0 Å². The van der Waals surface area contributed by atoms with Crippen LogP contribution in [0.25, 0.3) is 0 Å². The molecule has 40 heavy (non-hydrogen) atoms. The number of rotatable bonds is 6. The SMILES string of the molecule is C[C@@H]1CN(c2cc(Nc3ncc(C#N)c(Nc4cccc(N=S(C)(C)=O)n4)n3)cc3c2CCN(C)C3)C[C@H](C)O1. The van der Waals surface area contributed by atoms with E-state index in [1.807, 2.05) is 0 Å². The zero-order valence-electron chi connectivity index (χ0n) is 23.5. The number of nitrogens with zero attached hydrogens (tertiary/aromatic N) is 7. The van der Waals surface area contributed by atoms with E-state index in [4.69, 9.17) is 4.74 Å². The van der Waals surface area contributed by atoms with Gasteiger partial charge in [0.1, 0.15) is 17.5 Å². The lowest BCUT2D eigenvalue weighted by Gasteiger charge is -2.39. The number of aromatic nitrogens is 3. The average Bonchev–Trinajstić information content (AvgIpc) is 2.87. The van der Waals surface area contributed by atoms with Gasteiger partial charge in [0, 0.05) is 59.8 Å². The molecule has 2 aliphatic heterocycles. The van der Waals surface area contributed by atoms with E-state index < -0.39 is 9.73 Å². The van der Waals surface area contributed by atoms with Gasteiger partial charge in [-0.25, -0.2) is 14.2 Å². The van der Waals surface area contributed by atoms with Gasteiger partial charge in [-0.15, -0.1) is 0 Å². The van der Waals surface area contributed by atoms with Crippen molar-refractivity contribution in [2.24, 2.45) is 4.36 Å². The van der Waals surface area contributed by atoms with Crippen molar-refractivity contribution in [1.82, 2.24) is 19.9 Å². The predicted octanol–water partition coefficient (Wildman–Crippen LogP) is 4.19. The smallest absolute Gasteiger partial charge is 0.229 e. The third-order valence-corrected chi connectivity index (χ3v) is 7.35. The minimum atomic E-state index is -2.37. The Morgan fingerprint density at radius 3 is 2.65 bits per heavy atom. The molecule has 0 aliphatic carbocycles. The first-order valence-electron chi connectivity index (χ1n) is 13.3. The maximum absolute atomic E-state index is 12.1. The Hall–Kier alpha value is -3.79. The molecule has 0 saturated carbocycles. The van der Waals surface area contributed by atoms with Gasteiger partial charge in [0.05, 0.1) is 18.4 Å². The zero-order valence-corrected chi connectivity index (χ0v) is 24.3. The number of ether oxygens (including phenoxy) is 1. The number of nitriles is 1. The molecule has 1 fully saturated rings. The molecule has 2 atom stereocenters. The van der Waals surface area contributed by atoms with E-state index >= 15 is 0 Å². The summed E-state index contributed by atoms with van der Waals surface area (Å²) in [5, 5.41) is 16.1. The molecule has 12 heteroatoms. The predicted molar refractivity (Wildman–Crippen MR) is 158 cm³/mol. The van der Waals surface area contributed by atoms with Gasteiger partial charge in [0.25, 0.3) is 0 Å². The highest BCUT2D eigenvalue weighted by Gasteiger charge is 2.27. The third-order valence-electron chi connectivity index (χ3n) is 6.72. The van der Waals surface area contributed by atoms with Gasteiger partial charge >= 0.3 is 0 Å². The molecule has 2 aromatic heterocycles. The van der Waals surface area contributed by atoms with Crippen molar-refractivity contribution in [3.05, 3.63) is 53.2 Å². The van der Waals surface area contributed by atoms with Crippen LogP contribution in [0.4, 0.5) is 34.8 Å². The lowest BCUT2D eigenvalue weighted by atomic mass is 9.95. The number of pyridine rings is 1. The Morgan fingerprint density at radius 2 is 1.93 bits per heavy atom. The van der Waals surface area contributed by atoms with Crippen LogP contribution < -0.4 is 15.5 Å². The maximum Gasteiger partial charge on any atom is 0.229 e. The van der Waals surface area contributed by atoms with Crippen molar-refractivity contribution in [2.75, 3.05) is 54.7 Å². The van der Waals surface area contributed by atoms with E-state index in [1.165, 1.54) is 23.0 Å². The second kappa shape index (κ2) is 11.4. The molecule has 1 aromatic carbocycles. The number of fused-ring (bicyclic) bond motifs is 1. The molecule has 5 rings (SSSR count). The van der Waals surface area contributed by atoms with Crippen molar-refractivity contribution in [3.8, 4) is 6.07 Å². The minimum absolute atomic E-state index is 0.152. The largest absolute Gasteiger partial charge is 0.372 e. The molecule has 11 nitrogen and oxygen atoms in total. The number of anilines is 5. The molecular weight excluding hydrogens is 526 g/mol.